The molecule has 0 aromatic heterocycles. The lowest BCUT2D eigenvalue weighted by atomic mass is 9.93. The van der Waals surface area contributed by atoms with Crippen molar-refractivity contribution in [3.63, 3.8) is 0 Å². The molecule has 0 saturated carbocycles. The van der Waals surface area contributed by atoms with E-state index in [4.69, 9.17) is 4.74 Å². The number of ether oxygens (including phenoxy) is 1. The van der Waals surface area contributed by atoms with Crippen LogP contribution in [0.1, 0.15) is 41.6 Å². The van der Waals surface area contributed by atoms with Crippen molar-refractivity contribution in [1.29, 1.82) is 0 Å². The van der Waals surface area contributed by atoms with Crippen LogP contribution in [0.2, 0.25) is 0 Å². The second-order valence-corrected chi connectivity index (χ2v) is 9.32. The number of anilines is 2. The normalized spacial score (nSPS) is 16.9. The molecule has 3 aromatic carbocycles. The quantitative estimate of drug-likeness (QED) is 0.261. The molecule has 1 atom stereocenters. The zero-order valence-electron chi connectivity index (χ0n) is 21.4. The number of carbonyl (C=O) groups is 2. The minimum atomic E-state index is -0.789. The molecule has 1 N–H and O–H groups in total. The zero-order valence-corrected chi connectivity index (χ0v) is 21.4. The summed E-state index contributed by atoms with van der Waals surface area (Å²) in [7, 11) is 3.90. The van der Waals surface area contributed by atoms with Crippen molar-refractivity contribution in [3.05, 3.63) is 94.6 Å². The fraction of sp³-hybridized carbons (Fsp3) is 0.267. The molecule has 1 unspecified atom stereocenters. The van der Waals surface area contributed by atoms with E-state index in [-0.39, 0.29) is 11.3 Å². The predicted octanol–water partition coefficient (Wildman–Crippen LogP) is 5.78. The van der Waals surface area contributed by atoms with E-state index in [0.717, 1.165) is 28.8 Å². The van der Waals surface area contributed by atoms with Crippen LogP contribution in [-0.4, -0.2) is 37.5 Å². The summed E-state index contributed by atoms with van der Waals surface area (Å²) >= 11 is 0. The third-order valence-electron chi connectivity index (χ3n) is 6.39. The molecule has 1 amide bonds. The molecule has 1 saturated heterocycles. The van der Waals surface area contributed by atoms with E-state index in [1.807, 2.05) is 88.3 Å². The Morgan fingerprint density at radius 2 is 1.72 bits per heavy atom. The molecular formula is C30H32N2O4. The van der Waals surface area contributed by atoms with Gasteiger partial charge in [0.2, 0.25) is 0 Å². The number of aliphatic hydroxyl groups is 1. The Bertz CT molecular complexity index is 1330. The van der Waals surface area contributed by atoms with Crippen molar-refractivity contribution < 1.29 is 19.4 Å². The van der Waals surface area contributed by atoms with Gasteiger partial charge in [-0.05, 0) is 61.7 Å². The van der Waals surface area contributed by atoms with Crippen molar-refractivity contribution >= 4 is 28.8 Å². The van der Waals surface area contributed by atoms with Crippen molar-refractivity contribution in [2.45, 2.75) is 33.2 Å². The highest BCUT2D eigenvalue weighted by Crippen LogP contribution is 2.43. The van der Waals surface area contributed by atoms with Crippen molar-refractivity contribution in [2.24, 2.45) is 0 Å². The number of hydrogen-bond donors (Lipinski definition) is 1. The van der Waals surface area contributed by atoms with Crippen LogP contribution in [-0.2, 0) is 9.59 Å². The van der Waals surface area contributed by atoms with E-state index in [1.165, 1.54) is 4.90 Å². The van der Waals surface area contributed by atoms with Crippen molar-refractivity contribution in [1.82, 2.24) is 0 Å². The highest BCUT2D eigenvalue weighted by Gasteiger charge is 2.47. The smallest absolute Gasteiger partial charge is 0.300 e. The van der Waals surface area contributed by atoms with Crippen molar-refractivity contribution in [2.75, 3.05) is 30.5 Å². The van der Waals surface area contributed by atoms with Gasteiger partial charge in [-0.25, -0.2) is 0 Å². The third-order valence-corrected chi connectivity index (χ3v) is 6.39. The first-order chi connectivity index (χ1) is 17.2. The molecule has 36 heavy (non-hydrogen) atoms. The highest BCUT2D eigenvalue weighted by molar-refractivity contribution is 6.51. The van der Waals surface area contributed by atoms with E-state index >= 15 is 0 Å². The molecule has 186 valence electrons. The van der Waals surface area contributed by atoms with Crippen LogP contribution >= 0.6 is 0 Å². The molecule has 1 fully saturated rings. The summed E-state index contributed by atoms with van der Waals surface area (Å²) in [6.07, 6.45) is 0.850. The van der Waals surface area contributed by atoms with Gasteiger partial charge in [-0.15, -0.1) is 0 Å². The van der Waals surface area contributed by atoms with E-state index in [2.05, 4.69) is 0 Å². The second kappa shape index (κ2) is 10.3. The molecule has 0 bridgehead atoms. The number of aryl methyl sites for hydroxylation is 2. The van der Waals surface area contributed by atoms with Gasteiger partial charge in [0.05, 0.1) is 18.2 Å². The van der Waals surface area contributed by atoms with Crippen LogP contribution in [0.5, 0.6) is 5.75 Å². The maximum absolute atomic E-state index is 13.5. The molecule has 6 nitrogen and oxygen atoms in total. The Hall–Kier alpha value is -4.06. The summed E-state index contributed by atoms with van der Waals surface area (Å²) in [5, 5.41) is 11.5. The number of nitrogens with zero attached hydrogens (tertiary/aromatic N) is 2. The van der Waals surface area contributed by atoms with Gasteiger partial charge in [0.1, 0.15) is 11.5 Å². The van der Waals surface area contributed by atoms with Crippen LogP contribution in [0, 0.1) is 13.8 Å². The Morgan fingerprint density at radius 3 is 2.39 bits per heavy atom. The van der Waals surface area contributed by atoms with E-state index < -0.39 is 17.7 Å². The van der Waals surface area contributed by atoms with Gasteiger partial charge in [0.25, 0.3) is 11.7 Å². The minimum Gasteiger partial charge on any atom is -0.507 e. The Morgan fingerprint density at radius 1 is 1.00 bits per heavy atom. The molecule has 1 heterocycles. The molecule has 6 heteroatoms. The topological polar surface area (TPSA) is 70.1 Å². The highest BCUT2D eigenvalue weighted by atomic mass is 16.5. The van der Waals surface area contributed by atoms with Crippen LogP contribution < -0.4 is 14.5 Å². The number of aliphatic hydroxyl groups excluding tert-OH is 1. The standard InChI is InChI=1S/C30H32N2O4/c1-6-16-36-24-9-7-8-23(18-24)32-27(21-12-14-22(15-13-21)31(4)5)26(29(34)30(32)35)28(33)25-17-19(2)10-11-20(25)3/h7-15,17-18,27,33H,6,16H2,1-5H3/b28-26+. The fourth-order valence-electron chi connectivity index (χ4n) is 4.45. The average molecular weight is 485 g/mol. The summed E-state index contributed by atoms with van der Waals surface area (Å²) in [6, 6.07) is 19.7. The average Bonchev–Trinajstić information content (AvgIpc) is 3.14. The third kappa shape index (κ3) is 4.71. The molecule has 0 radical (unpaired) electrons. The number of benzene rings is 3. The fourth-order valence-corrected chi connectivity index (χ4v) is 4.45. The van der Waals surface area contributed by atoms with E-state index in [9.17, 15) is 14.7 Å². The van der Waals surface area contributed by atoms with Crippen LogP contribution in [0.25, 0.3) is 5.76 Å². The molecule has 4 rings (SSSR count). The number of carbonyl (C=O) groups excluding carboxylic acids is 2. The second-order valence-electron chi connectivity index (χ2n) is 9.32. The summed E-state index contributed by atoms with van der Waals surface area (Å²) in [5.74, 6) is -0.948. The maximum Gasteiger partial charge on any atom is 0.300 e. The largest absolute Gasteiger partial charge is 0.507 e. The Balaban J connectivity index is 1.92. The lowest BCUT2D eigenvalue weighted by Gasteiger charge is -2.26. The van der Waals surface area contributed by atoms with Gasteiger partial charge in [0, 0.05) is 37.1 Å². The van der Waals surface area contributed by atoms with Gasteiger partial charge >= 0.3 is 0 Å². The Kier molecular flexibility index (Phi) is 7.15. The van der Waals surface area contributed by atoms with Crippen LogP contribution in [0.3, 0.4) is 0 Å². The number of amides is 1. The van der Waals surface area contributed by atoms with Gasteiger partial charge in [-0.2, -0.15) is 0 Å². The number of ketones is 1. The Labute approximate surface area is 212 Å². The number of Topliss-reactive ketones (excluding diaryl/α,β-unsaturated/α-hetero) is 1. The molecule has 1 aliphatic rings. The molecule has 3 aromatic rings. The molecule has 0 aliphatic carbocycles. The monoisotopic (exact) mass is 484 g/mol. The SMILES string of the molecule is CCCOc1cccc(N2C(=O)C(=O)/C(=C(/O)c3cc(C)ccc3C)C2c2ccc(N(C)C)cc2)c1. The van der Waals surface area contributed by atoms with Gasteiger partial charge in [-0.3, -0.25) is 14.5 Å². The first-order valence-corrected chi connectivity index (χ1v) is 12.1. The summed E-state index contributed by atoms with van der Waals surface area (Å²) in [4.78, 5) is 30.4. The van der Waals surface area contributed by atoms with Crippen LogP contribution in [0.4, 0.5) is 11.4 Å². The van der Waals surface area contributed by atoms with Gasteiger partial charge in [-0.1, -0.05) is 42.8 Å². The number of hydrogen-bond acceptors (Lipinski definition) is 5. The first kappa shape index (κ1) is 25.0. The zero-order chi connectivity index (χ0) is 26.0. The van der Waals surface area contributed by atoms with Crippen molar-refractivity contribution in [3.8, 4) is 5.75 Å². The molecule has 1 aliphatic heterocycles. The maximum atomic E-state index is 13.5. The minimum absolute atomic E-state index is 0.0752. The molecule has 0 spiro atoms. The van der Waals surface area contributed by atoms with Gasteiger partial charge < -0.3 is 14.7 Å². The molecular weight excluding hydrogens is 452 g/mol. The lowest BCUT2D eigenvalue weighted by Crippen LogP contribution is -2.29. The first-order valence-electron chi connectivity index (χ1n) is 12.1. The van der Waals surface area contributed by atoms with E-state index in [1.54, 1.807) is 18.2 Å². The summed E-state index contributed by atoms with van der Waals surface area (Å²) in [5.41, 5.74) is 4.64. The van der Waals surface area contributed by atoms with Crippen LogP contribution in [0.15, 0.2) is 72.3 Å². The predicted molar refractivity (Wildman–Crippen MR) is 144 cm³/mol. The summed E-state index contributed by atoms with van der Waals surface area (Å²) < 4.78 is 5.78. The van der Waals surface area contributed by atoms with Gasteiger partial charge in [0.15, 0.2) is 0 Å². The number of rotatable bonds is 7. The van der Waals surface area contributed by atoms with E-state index in [0.29, 0.717) is 23.6 Å². The lowest BCUT2D eigenvalue weighted by molar-refractivity contribution is -0.132. The summed E-state index contributed by atoms with van der Waals surface area (Å²) in [6.45, 7) is 6.37.